The van der Waals surface area contributed by atoms with E-state index >= 15 is 0 Å². The molecule has 25 heavy (non-hydrogen) atoms. The number of nitrogens with one attached hydrogen (secondary N) is 1. The highest BCUT2D eigenvalue weighted by Crippen LogP contribution is 2.22. The number of carbonyl (C=O) groups excluding carboxylic acids is 1. The summed E-state index contributed by atoms with van der Waals surface area (Å²) in [6.07, 6.45) is 11.3. The van der Waals surface area contributed by atoms with Crippen LogP contribution in [0.15, 0.2) is 48.9 Å². The van der Waals surface area contributed by atoms with E-state index in [2.05, 4.69) is 27.4 Å². The van der Waals surface area contributed by atoms with Crippen LogP contribution in [0, 0.1) is 0 Å². The van der Waals surface area contributed by atoms with Crippen molar-refractivity contribution in [3.63, 3.8) is 0 Å². The summed E-state index contributed by atoms with van der Waals surface area (Å²) in [6, 6.07) is 10.6. The second-order valence-electron chi connectivity index (χ2n) is 6.54. The van der Waals surface area contributed by atoms with Crippen molar-refractivity contribution >= 4 is 5.91 Å². The molecule has 1 aliphatic carbocycles. The average Bonchev–Trinajstić information content (AvgIpc) is 2.65. The maximum atomic E-state index is 12.1. The zero-order chi connectivity index (χ0) is 17.3. The lowest BCUT2D eigenvalue weighted by atomic mass is 9.93. The molecule has 5 heteroatoms. The lowest BCUT2D eigenvalue weighted by molar-refractivity contribution is -0.122. The number of hydrogen-bond donors (Lipinski definition) is 1. The van der Waals surface area contributed by atoms with Crippen molar-refractivity contribution < 1.29 is 9.53 Å². The van der Waals surface area contributed by atoms with Gasteiger partial charge in [-0.1, -0.05) is 30.3 Å². The number of carbonyl (C=O) groups is 1. The van der Waals surface area contributed by atoms with E-state index in [1.54, 1.807) is 18.6 Å². The molecule has 0 spiro atoms. The van der Waals surface area contributed by atoms with E-state index in [1.807, 2.05) is 18.2 Å². The summed E-state index contributed by atoms with van der Waals surface area (Å²) >= 11 is 0. The molecule has 1 aromatic carbocycles. The number of nitrogens with zero attached hydrogens (tertiary/aromatic N) is 2. The zero-order valence-corrected chi connectivity index (χ0v) is 14.4. The molecule has 1 heterocycles. The summed E-state index contributed by atoms with van der Waals surface area (Å²) in [5.41, 5.74) is 1.29. The molecule has 3 rings (SSSR count). The SMILES string of the molecule is O=C(CCCc1ccccc1)NC1CCC(Oc2cnccn2)CC1. The van der Waals surface area contributed by atoms with E-state index in [0.29, 0.717) is 12.3 Å². The highest BCUT2D eigenvalue weighted by molar-refractivity contribution is 5.76. The molecule has 0 saturated heterocycles. The summed E-state index contributed by atoms with van der Waals surface area (Å²) < 4.78 is 5.84. The number of benzene rings is 1. The minimum atomic E-state index is 0.161. The molecule has 1 fully saturated rings. The fourth-order valence-corrected chi connectivity index (χ4v) is 3.24. The number of rotatable bonds is 7. The van der Waals surface area contributed by atoms with Crippen LogP contribution in [0.1, 0.15) is 44.1 Å². The van der Waals surface area contributed by atoms with E-state index < -0.39 is 0 Å². The van der Waals surface area contributed by atoms with Gasteiger partial charge in [0.25, 0.3) is 0 Å². The largest absolute Gasteiger partial charge is 0.473 e. The van der Waals surface area contributed by atoms with Gasteiger partial charge in [0, 0.05) is 24.9 Å². The van der Waals surface area contributed by atoms with Gasteiger partial charge < -0.3 is 10.1 Å². The van der Waals surface area contributed by atoms with Gasteiger partial charge in [0.15, 0.2) is 0 Å². The maximum absolute atomic E-state index is 12.1. The number of hydrogen-bond acceptors (Lipinski definition) is 4. The van der Waals surface area contributed by atoms with Crippen molar-refractivity contribution in [2.75, 3.05) is 0 Å². The molecule has 0 radical (unpaired) electrons. The van der Waals surface area contributed by atoms with E-state index in [9.17, 15) is 4.79 Å². The number of amides is 1. The molecule has 0 atom stereocenters. The molecule has 0 bridgehead atoms. The van der Waals surface area contributed by atoms with E-state index in [4.69, 9.17) is 4.74 Å². The molecule has 1 aromatic heterocycles. The second-order valence-corrected chi connectivity index (χ2v) is 6.54. The van der Waals surface area contributed by atoms with Gasteiger partial charge in [0.1, 0.15) is 6.10 Å². The van der Waals surface area contributed by atoms with Gasteiger partial charge in [-0.2, -0.15) is 0 Å². The number of aryl methyl sites for hydroxylation is 1. The molecule has 5 nitrogen and oxygen atoms in total. The summed E-state index contributed by atoms with van der Waals surface area (Å²) in [7, 11) is 0. The van der Waals surface area contributed by atoms with E-state index in [0.717, 1.165) is 38.5 Å². The van der Waals surface area contributed by atoms with Crippen LogP contribution in [0.3, 0.4) is 0 Å². The summed E-state index contributed by atoms with van der Waals surface area (Å²) in [5.74, 6) is 0.741. The van der Waals surface area contributed by atoms with Crippen molar-refractivity contribution in [3.05, 3.63) is 54.5 Å². The van der Waals surface area contributed by atoms with E-state index in [1.165, 1.54) is 5.56 Å². The van der Waals surface area contributed by atoms with Crippen molar-refractivity contribution in [2.24, 2.45) is 0 Å². The Kier molecular flexibility index (Phi) is 6.37. The van der Waals surface area contributed by atoms with Gasteiger partial charge in [-0.3, -0.25) is 9.78 Å². The summed E-state index contributed by atoms with van der Waals surface area (Å²) in [4.78, 5) is 20.3. The van der Waals surface area contributed by atoms with Crippen LogP contribution in [-0.2, 0) is 11.2 Å². The van der Waals surface area contributed by atoms with Crippen LogP contribution in [0.25, 0.3) is 0 Å². The molecule has 1 aliphatic rings. The third-order valence-corrected chi connectivity index (χ3v) is 4.58. The van der Waals surface area contributed by atoms with Gasteiger partial charge in [0.05, 0.1) is 6.20 Å². The lowest BCUT2D eigenvalue weighted by Gasteiger charge is -2.29. The zero-order valence-electron chi connectivity index (χ0n) is 14.4. The van der Waals surface area contributed by atoms with Crippen molar-refractivity contribution in [3.8, 4) is 5.88 Å². The monoisotopic (exact) mass is 339 g/mol. The standard InChI is InChI=1S/C20H25N3O2/c24-19(8-4-7-16-5-2-1-3-6-16)23-17-9-11-18(12-10-17)25-20-15-21-13-14-22-20/h1-3,5-6,13-15,17-18H,4,7-12H2,(H,23,24). The fraction of sp³-hybridized carbons (Fsp3) is 0.450. The fourth-order valence-electron chi connectivity index (χ4n) is 3.24. The molecule has 1 N–H and O–H groups in total. The topological polar surface area (TPSA) is 64.1 Å². The second kappa shape index (κ2) is 9.16. The Balaban J connectivity index is 1.32. The molecule has 132 valence electrons. The predicted octanol–water partition coefficient (Wildman–Crippen LogP) is 3.31. The average molecular weight is 339 g/mol. The van der Waals surface area contributed by atoms with Crippen LogP contribution in [0.5, 0.6) is 5.88 Å². The Morgan fingerprint density at radius 3 is 2.64 bits per heavy atom. The first-order valence-corrected chi connectivity index (χ1v) is 9.05. The van der Waals surface area contributed by atoms with Gasteiger partial charge >= 0.3 is 0 Å². The normalized spacial score (nSPS) is 20.0. The van der Waals surface area contributed by atoms with Crippen LogP contribution < -0.4 is 10.1 Å². The first-order valence-electron chi connectivity index (χ1n) is 9.05. The molecular weight excluding hydrogens is 314 g/mol. The quantitative estimate of drug-likeness (QED) is 0.840. The van der Waals surface area contributed by atoms with Crippen molar-refractivity contribution in [2.45, 2.75) is 57.1 Å². The molecule has 0 aliphatic heterocycles. The molecule has 0 unspecified atom stereocenters. The Hall–Kier alpha value is -2.43. The van der Waals surface area contributed by atoms with E-state index in [-0.39, 0.29) is 18.1 Å². The van der Waals surface area contributed by atoms with Crippen LogP contribution in [0.4, 0.5) is 0 Å². The third-order valence-electron chi connectivity index (χ3n) is 4.58. The Morgan fingerprint density at radius 1 is 1.12 bits per heavy atom. The van der Waals surface area contributed by atoms with Gasteiger partial charge in [0.2, 0.25) is 11.8 Å². The highest BCUT2D eigenvalue weighted by Gasteiger charge is 2.23. The third kappa shape index (κ3) is 5.85. The Bertz CT molecular complexity index is 641. The van der Waals surface area contributed by atoms with Crippen LogP contribution >= 0.6 is 0 Å². The van der Waals surface area contributed by atoms with Crippen LogP contribution in [0.2, 0.25) is 0 Å². The number of ether oxygens (including phenoxy) is 1. The Morgan fingerprint density at radius 2 is 1.92 bits per heavy atom. The molecule has 1 amide bonds. The highest BCUT2D eigenvalue weighted by atomic mass is 16.5. The minimum absolute atomic E-state index is 0.161. The van der Waals surface area contributed by atoms with Crippen molar-refractivity contribution in [1.29, 1.82) is 0 Å². The maximum Gasteiger partial charge on any atom is 0.232 e. The smallest absolute Gasteiger partial charge is 0.232 e. The Labute approximate surface area is 148 Å². The van der Waals surface area contributed by atoms with Gasteiger partial charge in [-0.05, 0) is 44.1 Å². The van der Waals surface area contributed by atoms with Crippen molar-refractivity contribution in [1.82, 2.24) is 15.3 Å². The summed E-state index contributed by atoms with van der Waals surface area (Å²) in [5, 5.41) is 3.17. The summed E-state index contributed by atoms with van der Waals surface area (Å²) in [6.45, 7) is 0. The van der Waals surface area contributed by atoms with Crippen LogP contribution in [-0.4, -0.2) is 28.0 Å². The number of aromatic nitrogens is 2. The van der Waals surface area contributed by atoms with Gasteiger partial charge in [-0.15, -0.1) is 0 Å². The molecule has 2 aromatic rings. The minimum Gasteiger partial charge on any atom is -0.473 e. The first-order chi connectivity index (χ1) is 12.3. The molecule has 1 saturated carbocycles. The predicted molar refractivity (Wildman–Crippen MR) is 96.2 cm³/mol. The van der Waals surface area contributed by atoms with Gasteiger partial charge in [-0.25, -0.2) is 4.98 Å². The first kappa shape index (κ1) is 17.4. The lowest BCUT2D eigenvalue weighted by Crippen LogP contribution is -2.39. The molecular formula is C20H25N3O2.